The Kier molecular flexibility index (Phi) is 6.83. The lowest BCUT2D eigenvalue weighted by Gasteiger charge is -2.26. The number of rotatable bonds is 5. The topological polar surface area (TPSA) is 62.9 Å². The molecule has 1 fully saturated rings. The standard InChI is InChI=1S/C26H25NO4/c28-24-13-16-31-25(26(24)29)12-11-22-5-3-20(4-6-22)1-2-21-7-9-23(10-8-21)19-27-14-17-30-18-15-27/h3-10,13,16,29H,11-12,14-15,17-19H2. The fraction of sp³-hybridized carbons (Fsp3) is 0.269. The van der Waals surface area contributed by atoms with E-state index in [1.54, 1.807) is 0 Å². The van der Waals surface area contributed by atoms with Gasteiger partial charge in [0, 0.05) is 43.2 Å². The first-order chi connectivity index (χ1) is 15.2. The summed E-state index contributed by atoms with van der Waals surface area (Å²) >= 11 is 0. The Morgan fingerprint density at radius 2 is 1.45 bits per heavy atom. The van der Waals surface area contributed by atoms with Crippen LogP contribution in [0.15, 0.2) is 70.1 Å². The number of hydrogen-bond acceptors (Lipinski definition) is 5. The minimum Gasteiger partial charge on any atom is -0.502 e. The first kappa shape index (κ1) is 20.9. The first-order valence-electron chi connectivity index (χ1n) is 10.5. The van der Waals surface area contributed by atoms with Crippen molar-refractivity contribution in [3.8, 4) is 17.6 Å². The summed E-state index contributed by atoms with van der Waals surface area (Å²) < 4.78 is 10.6. The predicted molar refractivity (Wildman–Crippen MR) is 119 cm³/mol. The van der Waals surface area contributed by atoms with Crippen LogP contribution in [0.3, 0.4) is 0 Å². The molecule has 0 amide bonds. The average molecular weight is 415 g/mol. The largest absolute Gasteiger partial charge is 0.502 e. The number of hydrogen-bond donors (Lipinski definition) is 1. The minimum atomic E-state index is -0.416. The molecule has 0 unspecified atom stereocenters. The molecule has 1 aromatic heterocycles. The summed E-state index contributed by atoms with van der Waals surface area (Å²) in [4.78, 5) is 13.9. The van der Waals surface area contributed by atoms with Crippen molar-refractivity contribution < 1.29 is 14.3 Å². The molecule has 2 heterocycles. The second-order valence-electron chi connectivity index (χ2n) is 7.59. The zero-order valence-electron chi connectivity index (χ0n) is 17.3. The lowest BCUT2D eigenvalue weighted by atomic mass is 10.1. The highest BCUT2D eigenvalue weighted by molar-refractivity contribution is 5.44. The fourth-order valence-corrected chi connectivity index (χ4v) is 3.50. The Morgan fingerprint density at radius 3 is 2.10 bits per heavy atom. The van der Waals surface area contributed by atoms with Crippen molar-refractivity contribution in [2.45, 2.75) is 19.4 Å². The molecule has 158 valence electrons. The van der Waals surface area contributed by atoms with E-state index in [1.807, 2.05) is 24.3 Å². The number of morpholine rings is 1. The van der Waals surface area contributed by atoms with Gasteiger partial charge in [-0.05, 0) is 41.8 Å². The van der Waals surface area contributed by atoms with Crippen LogP contribution in [0.2, 0.25) is 0 Å². The Balaban J connectivity index is 1.33. The molecule has 0 atom stereocenters. The highest BCUT2D eigenvalue weighted by atomic mass is 16.5. The Morgan fingerprint density at radius 1 is 0.839 bits per heavy atom. The molecule has 5 nitrogen and oxygen atoms in total. The van der Waals surface area contributed by atoms with Crippen LogP contribution in [-0.4, -0.2) is 36.3 Å². The highest BCUT2D eigenvalue weighted by Gasteiger charge is 2.10. The maximum atomic E-state index is 11.5. The van der Waals surface area contributed by atoms with Crippen molar-refractivity contribution in [1.82, 2.24) is 4.90 Å². The molecule has 4 rings (SSSR count). The molecule has 1 aliphatic rings. The Labute approximate surface area is 181 Å². The van der Waals surface area contributed by atoms with E-state index in [4.69, 9.17) is 9.15 Å². The molecule has 5 heteroatoms. The maximum Gasteiger partial charge on any atom is 0.226 e. The minimum absolute atomic E-state index is 0.305. The molecule has 0 spiro atoms. The van der Waals surface area contributed by atoms with E-state index < -0.39 is 5.43 Å². The predicted octanol–water partition coefficient (Wildman–Crippen LogP) is 3.36. The number of ether oxygens (including phenoxy) is 1. The summed E-state index contributed by atoms with van der Waals surface area (Å²) in [6, 6.07) is 17.6. The molecule has 0 saturated carbocycles. The molecular weight excluding hydrogens is 390 g/mol. The molecule has 31 heavy (non-hydrogen) atoms. The van der Waals surface area contributed by atoms with Gasteiger partial charge in [-0.1, -0.05) is 36.1 Å². The van der Waals surface area contributed by atoms with E-state index in [2.05, 4.69) is 41.0 Å². The van der Waals surface area contributed by atoms with E-state index in [0.29, 0.717) is 18.6 Å². The van der Waals surface area contributed by atoms with Crippen molar-refractivity contribution in [2.75, 3.05) is 26.3 Å². The van der Waals surface area contributed by atoms with Gasteiger partial charge < -0.3 is 14.3 Å². The molecular formula is C26H25NO4. The van der Waals surface area contributed by atoms with E-state index in [9.17, 15) is 9.90 Å². The lowest BCUT2D eigenvalue weighted by molar-refractivity contribution is 0.0342. The molecule has 2 aromatic carbocycles. The van der Waals surface area contributed by atoms with Gasteiger partial charge in [-0.3, -0.25) is 9.69 Å². The Bertz CT molecular complexity index is 1120. The first-order valence-corrected chi connectivity index (χ1v) is 10.5. The van der Waals surface area contributed by atoms with Crippen LogP contribution in [-0.2, 0) is 24.1 Å². The van der Waals surface area contributed by atoms with Gasteiger partial charge in [-0.15, -0.1) is 0 Å². The number of aromatic hydroxyl groups is 1. The van der Waals surface area contributed by atoms with Crippen molar-refractivity contribution >= 4 is 0 Å². The SMILES string of the molecule is O=c1ccoc(CCc2ccc(C#Cc3ccc(CN4CCOCC4)cc3)cc2)c1O. The van der Waals surface area contributed by atoms with Crippen molar-refractivity contribution in [1.29, 1.82) is 0 Å². The van der Waals surface area contributed by atoms with Gasteiger partial charge in [0.1, 0.15) is 5.76 Å². The molecule has 0 bridgehead atoms. The summed E-state index contributed by atoms with van der Waals surface area (Å²) in [7, 11) is 0. The zero-order valence-corrected chi connectivity index (χ0v) is 17.3. The molecule has 1 N–H and O–H groups in total. The van der Waals surface area contributed by atoms with Gasteiger partial charge in [0.2, 0.25) is 11.2 Å². The van der Waals surface area contributed by atoms with Gasteiger partial charge >= 0.3 is 0 Å². The van der Waals surface area contributed by atoms with E-state index >= 15 is 0 Å². The van der Waals surface area contributed by atoms with Crippen LogP contribution in [0.1, 0.15) is 28.0 Å². The second kappa shape index (κ2) is 10.1. The molecule has 3 aromatic rings. The number of nitrogens with zero attached hydrogens (tertiary/aromatic N) is 1. The van der Waals surface area contributed by atoms with Gasteiger partial charge in [0.05, 0.1) is 19.5 Å². The summed E-state index contributed by atoms with van der Waals surface area (Å²) in [6.07, 6.45) is 2.44. The lowest BCUT2D eigenvalue weighted by Crippen LogP contribution is -2.35. The van der Waals surface area contributed by atoms with Crippen LogP contribution >= 0.6 is 0 Å². The second-order valence-corrected chi connectivity index (χ2v) is 7.59. The van der Waals surface area contributed by atoms with Gasteiger partial charge in [-0.2, -0.15) is 0 Å². The Hall–Kier alpha value is -3.33. The van der Waals surface area contributed by atoms with Crippen LogP contribution in [0.5, 0.6) is 5.75 Å². The van der Waals surface area contributed by atoms with Gasteiger partial charge in [-0.25, -0.2) is 0 Å². The zero-order chi connectivity index (χ0) is 21.5. The monoisotopic (exact) mass is 415 g/mol. The van der Waals surface area contributed by atoms with E-state index in [-0.39, 0.29) is 5.75 Å². The molecule has 1 aliphatic heterocycles. The summed E-state index contributed by atoms with van der Waals surface area (Å²) in [6.45, 7) is 4.54. The van der Waals surface area contributed by atoms with Crippen molar-refractivity contribution in [3.63, 3.8) is 0 Å². The third-order valence-electron chi connectivity index (χ3n) is 5.34. The highest BCUT2D eigenvalue weighted by Crippen LogP contribution is 2.15. The fourth-order valence-electron chi connectivity index (χ4n) is 3.50. The summed E-state index contributed by atoms with van der Waals surface area (Å²) in [5.74, 6) is 6.43. The molecule has 0 aliphatic carbocycles. The van der Waals surface area contributed by atoms with Gasteiger partial charge in [0.15, 0.2) is 0 Å². The van der Waals surface area contributed by atoms with Crippen molar-refractivity contribution in [2.24, 2.45) is 0 Å². The van der Waals surface area contributed by atoms with Crippen LogP contribution in [0.4, 0.5) is 0 Å². The van der Waals surface area contributed by atoms with Crippen LogP contribution < -0.4 is 5.43 Å². The van der Waals surface area contributed by atoms with Gasteiger partial charge in [0.25, 0.3) is 0 Å². The van der Waals surface area contributed by atoms with Crippen molar-refractivity contribution in [3.05, 3.63) is 99.1 Å². The average Bonchev–Trinajstić information content (AvgIpc) is 2.81. The summed E-state index contributed by atoms with van der Waals surface area (Å²) in [5.41, 5.74) is 3.89. The van der Waals surface area contributed by atoms with Crippen LogP contribution in [0, 0.1) is 11.8 Å². The maximum absolute atomic E-state index is 11.5. The number of benzene rings is 2. The van der Waals surface area contributed by atoms with E-state index in [1.165, 1.54) is 17.9 Å². The van der Waals surface area contributed by atoms with E-state index in [0.717, 1.165) is 49.5 Å². The normalized spacial score (nSPS) is 14.1. The molecule has 0 radical (unpaired) electrons. The number of aryl methyl sites for hydroxylation is 2. The third kappa shape index (κ3) is 5.85. The smallest absolute Gasteiger partial charge is 0.226 e. The summed E-state index contributed by atoms with van der Waals surface area (Å²) in [5, 5.41) is 9.77. The molecule has 1 saturated heterocycles. The quantitative estimate of drug-likeness (QED) is 0.648. The van der Waals surface area contributed by atoms with Crippen LogP contribution in [0.25, 0.3) is 0 Å². The third-order valence-corrected chi connectivity index (χ3v) is 5.34.